The van der Waals surface area contributed by atoms with Crippen LogP contribution in [0.2, 0.25) is 0 Å². The number of nitrogens with zero attached hydrogens (tertiary/aromatic N) is 2. The molecule has 0 bridgehead atoms. The van der Waals surface area contributed by atoms with Crippen molar-refractivity contribution in [3.63, 3.8) is 0 Å². The first-order valence-electron chi connectivity index (χ1n) is 8.57. The second-order valence-corrected chi connectivity index (χ2v) is 5.39. The number of aliphatic hydroxyl groups excluding tert-OH is 1. The smallest absolute Gasteiger partial charge is 0.410 e. The minimum absolute atomic E-state index is 0.0160. The van der Waals surface area contributed by atoms with Gasteiger partial charge in [0.2, 0.25) is 0 Å². The molecule has 0 fully saturated rings. The third-order valence-corrected chi connectivity index (χ3v) is 3.79. The van der Waals surface area contributed by atoms with Crippen LogP contribution in [0.5, 0.6) is 0 Å². The van der Waals surface area contributed by atoms with Gasteiger partial charge in [0.05, 0.1) is 19.8 Å². The summed E-state index contributed by atoms with van der Waals surface area (Å²) in [7, 11) is 0. The third-order valence-electron chi connectivity index (χ3n) is 3.79. The van der Waals surface area contributed by atoms with Crippen molar-refractivity contribution in [2.45, 2.75) is 20.5 Å². The monoisotopic (exact) mass is 338 g/mol. The van der Waals surface area contributed by atoms with Gasteiger partial charge in [-0.05, 0) is 18.7 Å². The summed E-state index contributed by atoms with van der Waals surface area (Å²) < 4.78 is 10.7. The topological polar surface area (TPSA) is 62.2 Å². The van der Waals surface area contributed by atoms with Crippen LogP contribution in [-0.4, -0.2) is 73.5 Å². The van der Waals surface area contributed by atoms with Gasteiger partial charge in [-0.15, -0.1) is 0 Å². The van der Waals surface area contributed by atoms with E-state index in [2.05, 4.69) is 18.7 Å². The first-order chi connectivity index (χ1) is 11.7. The van der Waals surface area contributed by atoms with Crippen LogP contribution >= 0.6 is 0 Å². The molecule has 0 aliphatic heterocycles. The number of aliphatic hydroxyl groups is 1. The van der Waals surface area contributed by atoms with Crippen molar-refractivity contribution in [3.05, 3.63) is 35.9 Å². The lowest BCUT2D eigenvalue weighted by molar-refractivity contribution is 0.0560. The molecule has 136 valence electrons. The first-order valence-corrected chi connectivity index (χ1v) is 8.57. The van der Waals surface area contributed by atoms with E-state index >= 15 is 0 Å². The second kappa shape index (κ2) is 12.8. The van der Waals surface area contributed by atoms with E-state index in [1.165, 1.54) is 0 Å². The van der Waals surface area contributed by atoms with Gasteiger partial charge >= 0.3 is 6.09 Å². The van der Waals surface area contributed by atoms with Crippen molar-refractivity contribution in [3.8, 4) is 0 Å². The Kier molecular flexibility index (Phi) is 10.8. The second-order valence-electron chi connectivity index (χ2n) is 5.39. The van der Waals surface area contributed by atoms with Gasteiger partial charge in [-0.2, -0.15) is 0 Å². The number of ether oxygens (including phenoxy) is 2. The molecule has 6 nitrogen and oxygen atoms in total. The molecule has 0 aliphatic carbocycles. The van der Waals surface area contributed by atoms with Gasteiger partial charge in [-0.25, -0.2) is 4.79 Å². The van der Waals surface area contributed by atoms with Gasteiger partial charge in [0.25, 0.3) is 0 Å². The van der Waals surface area contributed by atoms with E-state index in [-0.39, 0.29) is 25.9 Å². The summed E-state index contributed by atoms with van der Waals surface area (Å²) in [5, 5.41) is 8.75. The van der Waals surface area contributed by atoms with Crippen molar-refractivity contribution in [1.29, 1.82) is 0 Å². The average molecular weight is 338 g/mol. The summed E-state index contributed by atoms with van der Waals surface area (Å²) in [4.78, 5) is 16.3. The molecule has 1 rings (SSSR count). The molecule has 0 atom stereocenters. The van der Waals surface area contributed by atoms with Crippen LogP contribution in [0.15, 0.2) is 30.3 Å². The lowest BCUT2D eigenvalue weighted by atomic mass is 10.2. The van der Waals surface area contributed by atoms with Gasteiger partial charge in [0, 0.05) is 19.6 Å². The molecule has 24 heavy (non-hydrogen) atoms. The minimum Gasteiger partial charge on any atom is -0.445 e. The van der Waals surface area contributed by atoms with Gasteiger partial charge in [0.1, 0.15) is 6.61 Å². The summed E-state index contributed by atoms with van der Waals surface area (Å²) in [6.07, 6.45) is -0.335. The third kappa shape index (κ3) is 8.29. The van der Waals surface area contributed by atoms with Crippen molar-refractivity contribution >= 4 is 6.09 Å². The molecule has 0 radical (unpaired) electrons. The Hall–Kier alpha value is -1.63. The maximum Gasteiger partial charge on any atom is 0.410 e. The molecule has 0 saturated carbocycles. The van der Waals surface area contributed by atoms with E-state index in [9.17, 15) is 4.79 Å². The van der Waals surface area contributed by atoms with Gasteiger partial charge in [-0.1, -0.05) is 44.2 Å². The number of carbonyl (C=O) groups excluding carboxylic acids is 1. The number of rotatable bonds is 12. The standard InChI is InChI=1S/C18H30N2O4/c1-3-19(4-2)10-11-20(12-14-23-15-13-21)18(22)24-16-17-8-6-5-7-9-17/h5-9,21H,3-4,10-16H2,1-2H3. The normalized spacial score (nSPS) is 10.8. The lowest BCUT2D eigenvalue weighted by Crippen LogP contribution is -2.40. The van der Waals surface area contributed by atoms with E-state index in [0.717, 1.165) is 25.2 Å². The van der Waals surface area contributed by atoms with Crippen molar-refractivity contribution in [2.24, 2.45) is 0 Å². The van der Waals surface area contributed by atoms with Crippen LogP contribution in [0, 0.1) is 0 Å². The molecule has 1 aromatic carbocycles. The highest BCUT2D eigenvalue weighted by Crippen LogP contribution is 2.04. The minimum atomic E-state index is -0.335. The zero-order chi connectivity index (χ0) is 17.6. The molecule has 1 amide bonds. The van der Waals surface area contributed by atoms with Gasteiger partial charge in [-0.3, -0.25) is 0 Å². The van der Waals surface area contributed by atoms with Crippen LogP contribution in [0.25, 0.3) is 0 Å². The van der Waals surface area contributed by atoms with E-state index in [4.69, 9.17) is 14.6 Å². The summed E-state index contributed by atoms with van der Waals surface area (Å²) >= 11 is 0. The number of hydrogen-bond acceptors (Lipinski definition) is 5. The Morgan fingerprint density at radius 1 is 1.04 bits per heavy atom. The lowest BCUT2D eigenvalue weighted by Gasteiger charge is -2.26. The van der Waals surface area contributed by atoms with Crippen LogP contribution < -0.4 is 0 Å². The molecular formula is C18H30N2O4. The van der Waals surface area contributed by atoms with Crippen LogP contribution in [0.3, 0.4) is 0 Å². The highest BCUT2D eigenvalue weighted by Gasteiger charge is 2.16. The summed E-state index contributed by atoms with van der Waals surface area (Å²) in [6, 6.07) is 9.63. The highest BCUT2D eigenvalue weighted by molar-refractivity contribution is 5.67. The molecule has 1 N–H and O–H groups in total. The zero-order valence-electron chi connectivity index (χ0n) is 14.8. The van der Waals surface area contributed by atoms with E-state index in [0.29, 0.717) is 19.7 Å². The highest BCUT2D eigenvalue weighted by atomic mass is 16.6. The van der Waals surface area contributed by atoms with Crippen LogP contribution in [-0.2, 0) is 16.1 Å². The maximum atomic E-state index is 12.3. The number of carbonyl (C=O) groups is 1. The molecule has 0 aromatic heterocycles. The Labute approximate surface area is 145 Å². The summed E-state index contributed by atoms with van der Waals surface area (Å²) in [5.74, 6) is 0. The van der Waals surface area contributed by atoms with Gasteiger partial charge < -0.3 is 24.4 Å². The van der Waals surface area contributed by atoms with Crippen LogP contribution in [0.1, 0.15) is 19.4 Å². The van der Waals surface area contributed by atoms with Crippen LogP contribution in [0.4, 0.5) is 4.79 Å². The molecule has 1 aromatic rings. The Morgan fingerprint density at radius 3 is 2.38 bits per heavy atom. The van der Waals surface area contributed by atoms with E-state index in [1.807, 2.05) is 30.3 Å². The fourth-order valence-electron chi connectivity index (χ4n) is 2.25. The molecule has 0 saturated heterocycles. The SMILES string of the molecule is CCN(CC)CCN(CCOCCO)C(=O)OCc1ccccc1. The molecule has 0 unspecified atom stereocenters. The zero-order valence-corrected chi connectivity index (χ0v) is 14.8. The maximum absolute atomic E-state index is 12.3. The largest absolute Gasteiger partial charge is 0.445 e. The van der Waals surface area contributed by atoms with E-state index < -0.39 is 0 Å². The summed E-state index contributed by atoms with van der Waals surface area (Å²) in [5.41, 5.74) is 0.964. The Balaban J connectivity index is 2.49. The first kappa shape index (κ1) is 20.4. The fraction of sp³-hybridized carbons (Fsp3) is 0.611. The molecule has 0 spiro atoms. The molecule has 0 aliphatic rings. The molecular weight excluding hydrogens is 308 g/mol. The Morgan fingerprint density at radius 2 is 1.75 bits per heavy atom. The van der Waals surface area contributed by atoms with Crippen molar-refractivity contribution in [2.75, 3.05) is 52.5 Å². The quantitative estimate of drug-likeness (QED) is 0.591. The van der Waals surface area contributed by atoms with Crippen molar-refractivity contribution in [1.82, 2.24) is 9.80 Å². The summed E-state index contributed by atoms with van der Waals surface area (Å²) in [6.45, 7) is 8.87. The number of hydrogen-bond donors (Lipinski definition) is 1. The predicted molar refractivity (Wildman–Crippen MR) is 93.9 cm³/mol. The van der Waals surface area contributed by atoms with Gasteiger partial charge in [0.15, 0.2) is 0 Å². The predicted octanol–water partition coefficient (Wildman–Crippen LogP) is 1.98. The van der Waals surface area contributed by atoms with Crippen molar-refractivity contribution < 1.29 is 19.4 Å². The number of likely N-dealkylation sites (N-methyl/N-ethyl adjacent to an activating group) is 1. The fourth-order valence-corrected chi connectivity index (χ4v) is 2.25. The Bertz CT molecular complexity index is 438. The molecule has 6 heteroatoms. The average Bonchev–Trinajstić information content (AvgIpc) is 2.63. The number of amides is 1. The number of benzene rings is 1. The molecule has 0 heterocycles. The van der Waals surface area contributed by atoms with E-state index in [1.54, 1.807) is 4.90 Å².